The summed E-state index contributed by atoms with van der Waals surface area (Å²) in [5.74, 6) is -4.91. The fraction of sp³-hybridized carbons (Fsp3) is 0.267. The number of imide groups is 1. The molecule has 2 fully saturated rings. The highest BCUT2D eigenvalue weighted by molar-refractivity contribution is 6.24. The first-order chi connectivity index (χ1) is 18.6. The zero-order chi connectivity index (χ0) is 28.1. The van der Waals surface area contributed by atoms with Gasteiger partial charge in [0, 0.05) is 25.5 Å². The predicted molar refractivity (Wildman–Crippen MR) is 148 cm³/mol. The number of urea groups is 1. The van der Waals surface area contributed by atoms with E-state index in [1.807, 2.05) is 50.2 Å². The van der Waals surface area contributed by atoms with Gasteiger partial charge in [-0.25, -0.2) is 14.5 Å². The van der Waals surface area contributed by atoms with Gasteiger partial charge in [-0.3, -0.25) is 14.5 Å². The van der Waals surface area contributed by atoms with E-state index >= 15 is 0 Å². The summed E-state index contributed by atoms with van der Waals surface area (Å²) in [6.07, 6.45) is 0. The molecule has 2 N–H and O–H groups in total. The van der Waals surface area contributed by atoms with Gasteiger partial charge in [-0.05, 0) is 55.8 Å². The second kappa shape index (κ2) is 9.58. The largest absolute Gasteiger partial charge is 0.479 e. The van der Waals surface area contributed by atoms with Crippen molar-refractivity contribution in [3.8, 4) is 0 Å². The Morgan fingerprint density at radius 3 is 2.08 bits per heavy atom. The third-order valence-corrected chi connectivity index (χ3v) is 7.80. The lowest BCUT2D eigenvalue weighted by Crippen LogP contribution is -2.58. The average molecular weight is 527 g/mol. The summed E-state index contributed by atoms with van der Waals surface area (Å²) < 4.78 is 0. The van der Waals surface area contributed by atoms with Crippen LogP contribution in [0.25, 0.3) is 0 Å². The molecule has 200 valence electrons. The zero-order valence-electron chi connectivity index (χ0n) is 22.2. The summed E-state index contributed by atoms with van der Waals surface area (Å²) in [5, 5.41) is 13.4. The third kappa shape index (κ3) is 4.10. The lowest BCUT2D eigenvalue weighted by molar-refractivity contribution is -0.152. The quantitative estimate of drug-likeness (QED) is 0.480. The van der Waals surface area contributed by atoms with E-state index in [0.717, 1.165) is 16.2 Å². The SMILES string of the molecule is Cc1ccc(NC(=O)N2C(c3ccc(N(C)C)cc3)C3C(=O)N(c4ccccc4)C(=O)C3C2(C)C(=O)O)cc1. The Morgan fingerprint density at radius 1 is 0.897 bits per heavy atom. The van der Waals surface area contributed by atoms with Crippen LogP contribution in [0.15, 0.2) is 78.9 Å². The van der Waals surface area contributed by atoms with Crippen molar-refractivity contribution in [1.82, 2.24) is 4.90 Å². The summed E-state index contributed by atoms with van der Waals surface area (Å²) >= 11 is 0. The minimum atomic E-state index is -2.00. The highest BCUT2D eigenvalue weighted by Crippen LogP contribution is 2.56. The molecule has 0 aliphatic carbocycles. The molecule has 9 heteroatoms. The lowest BCUT2D eigenvalue weighted by atomic mass is 9.80. The van der Waals surface area contributed by atoms with Crippen LogP contribution in [0.2, 0.25) is 0 Å². The molecule has 3 aromatic rings. The van der Waals surface area contributed by atoms with Gasteiger partial charge in [0.25, 0.3) is 0 Å². The minimum absolute atomic E-state index is 0.368. The van der Waals surface area contributed by atoms with E-state index in [-0.39, 0.29) is 0 Å². The number of para-hydroxylation sites is 1. The number of likely N-dealkylation sites (tertiary alicyclic amines) is 1. The molecule has 0 radical (unpaired) electrons. The fourth-order valence-electron chi connectivity index (χ4n) is 5.75. The molecule has 2 saturated heterocycles. The molecule has 0 bridgehead atoms. The molecule has 3 aromatic carbocycles. The van der Waals surface area contributed by atoms with E-state index < -0.39 is 47.2 Å². The van der Waals surface area contributed by atoms with E-state index in [9.17, 15) is 24.3 Å². The Bertz CT molecular complexity index is 1440. The van der Waals surface area contributed by atoms with E-state index in [1.165, 1.54) is 11.8 Å². The highest BCUT2D eigenvalue weighted by Gasteiger charge is 2.71. The van der Waals surface area contributed by atoms with Gasteiger partial charge in [0.1, 0.15) is 0 Å². The molecule has 2 heterocycles. The van der Waals surface area contributed by atoms with Crippen LogP contribution in [0.5, 0.6) is 0 Å². The van der Waals surface area contributed by atoms with Crippen molar-refractivity contribution in [1.29, 1.82) is 0 Å². The molecule has 4 atom stereocenters. The van der Waals surface area contributed by atoms with Crippen molar-refractivity contribution in [2.75, 3.05) is 29.2 Å². The number of hydrogen-bond acceptors (Lipinski definition) is 5. The Labute approximate surface area is 226 Å². The van der Waals surface area contributed by atoms with Crippen LogP contribution in [0, 0.1) is 18.8 Å². The maximum Gasteiger partial charge on any atom is 0.330 e. The molecule has 4 unspecified atom stereocenters. The number of nitrogens with one attached hydrogen (secondary N) is 1. The van der Waals surface area contributed by atoms with Crippen molar-refractivity contribution in [3.05, 3.63) is 90.0 Å². The number of fused-ring (bicyclic) bond motifs is 1. The Morgan fingerprint density at radius 2 is 1.51 bits per heavy atom. The number of anilines is 3. The highest BCUT2D eigenvalue weighted by atomic mass is 16.4. The summed E-state index contributed by atoms with van der Waals surface area (Å²) in [7, 11) is 3.78. The van der Waals surface area contributed by atoms with Gasteiger partial charge in [0.05, 0.1) is 23.6 Å². The molecular weight excluding hydrogens is 496 g/mol. The van der Waals surface area contributed by atoms with Crippen molar-refractivity contribution < 1.29 is 24.3 Å². The van der Waals surface area contributed by atoms with Crippen LogP contribution in [0.1, 0.15) is 24.1 Å². The maximum absolute atomic E-state index is 14.0. The molecule has 4 amide bonds. The number of carbonyl (C=O) groups excluding carboxylic acids is 3. The standard InChI is InChI=1S/C30H30N4O5/c1-18-10-14-20(15-11-18)31-29(39)34-25(19-12-16-21(17-13-19)32(3)4)23-24(30(34,2)28(37)38)27(36)33(26(23)35)22-8-6-5-7-9-22/h5-17,23-25H,1-4H3,(H,31,39)(H,37,38). The molecule has 2 aliphatic rings. The van der Waals surface area contributed by atoms with Crippen LogP contribution >= 0.6 is 0 Å². The maximum atomic E-state index is 14.0. The Kier molecular flexibility index (Phi) is 6.38. The van der Waals surface area contributed by atoms with Gasteiger partial charge in [-0.2, -0.15) is 0 Å². The lowest BCUT2D eigenvalue weighted by Gasteiger charge is -2.38. The molecular formula is C30H30N4O5. The van der Waals surface area contributed by atoms with E-state index in [1.54, 1.807) is 54.6 Å². The summed E-state index contributed by atoms with van der Waals surface area (Å²) in [6.45, 7) is 3.27. The van der Waals surface area contributed by atoms with Gasteiger partial charge in [-0.15, -0.1) is 0 Å². The first-order valence-electron chi connectivity index (χ1n) is 12.7. The third-order valence-electron chi connectivity index (χ3n) is 7.80. The molecule has 0 saturated carbocycles. The summed E-state index contributed by atoms with van der Waals surface area (Å²) in [4.78, 5) is 58.9. The number of carbonyl (C=O) groups is 4. The number of carboxylic acids is 1. The topological polar surface area (TPSA) is 110 Å². The molecule has 9 nitrogen and oxygen atoms in total. The monoisotopic (exact) mass is 526 g/mol. The number of aryl methyl sites for hydroxylation is 1. The molecule has 5 rings (SSSR count). The van der Waals surface area contributed by atoms with Gasteiger partial charge in [-0.1, -0.05) is 48.0 Å². The van der Waals surface area contributed by atoms with Crippen LogP contribution < -0.4 is 15.1 Å². The number of rotatable bonds is 5. The Balaban J connectivity index is 1.66. The van der Waals surface area contributed by atoms with Gasteiger partial charge in [0.2, 0.25) is 11.8 Å². The second-order valence-electron chi connectivity index (χ2n) is 10.4. The summed E-state index contributed by atoms with van der Waals surface area (Å²) in [5.41, 5.74) is 1.30. The van der Waals surface area contributed by atoms with Crippen LogP contribution in [0.4, 0.5) is 21.9 Å². The second-order valence-corrected chi connectivity index (χ2v) is 10.4. The minimum Gasteiger partial charge on any atom is -0.479 e. The number of nitrogens with zero attached hydrogens (tertiary/aromatic N) is 3. The van der Waals surface area contributed by atoms with Crippen molar-refractivity contribution >= 4 is 40.9 Å². The van der Waals surface area contributed by atoms with Crippen molar-refractivity contribution in [3.63, 3.8) is 0 Å². The first kappa shape index (κ1) is 26.0. The van der Waals surface area contributed by atoms with Gasteiger partial charge in [0.15, 0.2) is 5.54 Å². The predicted octanol–water partition coefficient (Wildman–Crippen LogP) is 4.30. The number of benzene rings is 3. The number of amides is 4. The van der Waals surface area contributed by atoms with E-state index in [4.69, 9.17) is 0 Å². The molecule has 0 spiro atoms. The van der Waals surface area contributed by atoms with Gasteiger partial charge >= 0.3 is 12.0 Å². The van der Waals surface area contributed by atoms with Crippen LogP contribution in [-0.2, 0) is 14.4 Å². The summed E-state index contributed by atoms with van der Waals surface area (Å²) in [6, 6.07) is 21.1. The molecule has 2 aliphatic heterocycles. The first-order valence-corrected chi connectivity index (χ1v) is 12.7. The zero-order valence-corrected chi connectivity index (χ0v) is 22.2. The van der Waals surface area contributed by atoms with Crippen molar-refractivity contribution in [2.45, 2.75) is 25.4 Å². The van der Waals surface area contributed by atoms with E-state index in [2.05, 4.69) is 5.32 Å². The number of hydrogen-bond donors (Lipinski definition) is 2. The fourth-order valence-corrected chi connectivity index (χ4v) is 5.75. The van der Waals surface area contributed by atoms with Crippen LogP contribution in [-0.4, -0.2) is 53.5 Å². The average Bonchev–Trinajstić information content (AvgIpc) is 3.35. The number of aliphatic carboxylic acids is 1. The Hall–Kier alpha value is -4.66. The van der Waals surface area contributed by atoms with Gasteiger partial charge < -0.3 is 15.3 Å². The van der Waals surface area contributed by atoms with Crippen molar-refractivity contribution in [2.24, 2.45) is 11.8 Å². The normalized spacial score (nSPS) is 24.1. The molecule has 39 heavy (non-hydrogen) atoms. The smallest absolute Gasteiger partial charge is 0.330 e. The van der Waals surface area contributed by atoms with E-state index in [0.29, 0.717) is 16.9 Å². The molecule has 0 aromatic heterocycles. The number of carboxylic acid groups (broad SMARTS) is 1. The van der Waals surface area contributed by atoms with Crippen LogP contribution in [0.3, 0.4) is 0 Å².